The lowest BCUT2D eigenvalue weighted by atomic mass is 9.82. The molecule has 0 atom stereocenters. The maximum absolute atomic E-state index is 2.51. The van der Waals surface area contributed by atoms with Gasteiger partial charge in [-0.1, -0.05) is 113 Å². The Morgan fingerprint density at radius 3 is 2.06 bits per heavy atom. The van der Waals surface area contributed by atoms with E-state index in [0.29, 0.717) is 5.92 Å². The molecule has 2 heterocycles. The first-order chi connectivity index (χ1) is 24.9. The summed E-state index contributed by atoms with van der Waals surface area (Å²) in [7, 11) is 0. The number of anilines is 3. The van der Waals surface area contributed by atoms with E-state index in [9.17, 15) is 0 Å². The Labute approximate surface area is 302 Å². The SMILES string of the molecule is CC(C)c1ccc(-n2c3ccccc3c3c(N(c4ccc5c(c4)C(C)(C)c4ccccc4-5)c4ccc5sc6ccccc6c5c4)cccc32)cc1. The first-order valence-corrected chi connectivity index (χ1v) is 18.8. The Morgan fingerprint density at radius 2 is 1.22 bits per heavy atom. The predicted octanol–water partition coefficient (Wildman–Crippen LogP) is 14.1. The molecule has 9 aromatic rings. The van der Waals surface area contributed by atoms with Crippen LogP contribution in [0.5, 0.6) is 0 Å². The Hall–Kier alpha value is -5.64. The molecule has 3 heteroatoms. The van der Waals surface area contributed by atoms with Crippen molar-refractivity contribution in [3.63, 3.8) is 0 Å². The van der Waals surface area contributed by atoms with Crippen molar-refractivity contribution in [1.82, 2.24) is 4.57 Å². The third-order valence-electron chi connectivity index (χ3n) is 11.2. The molecule has 1 aliphatic rings. The smallest absolute Gasteiger partial charge is 0.0562 e. The summed E-state index contributed by atoms with van der Waals surface area (Å²) >= 11 is 1.87. The molecule has 2 aromatic heterocycles. The van der Waals surface area contributed by atoms with E-state index < -0.39 is 0 Å². The van der Waals surface area contributed by atoms with E-state index in [1.54, 1.807) is 0 Å². The minimum atomic E-state index is -0.106. The largest absolute Gasteiger partial charge is 0.310 e. The van der Waals surface area contributed by atoms with Crippen LogP contribution in [0.2, 0.25) is 0 Å². The minimum absolute atomic E-state index is 0.106. The van der Waals surface area contributed by atoms with Gasteiger partial charge in [-0.25, -0.2) is 0 Å². The first kappa shape index (κ1) is 30.2. The van der Waals surface area contributed by atoms with Crippen molar-refractivity contribution >= 4 is 70.4 Å². The zero-order valence-corrected chi connectivity index (χ0v) is 30.1. The van der Waals surface area contributed by atoms with Crippen LogP contribution in [0.3, 0.4) is 0 Å². The van der Waals surface area contributed by atoms with Gasteiger partial charge in [-0.05, 0) is 100 Å². The van der Waals surface area contributed by atoms with Gasteiger partial charge >= 0.3 is 0 Å². The fraction of sp³-hybridized carbons (Fsp3) is 0.125. The minimum Gasteiger partial charge on any atom is -0.310 e. The molecule has 0 saturated carbocycles. The number of rotatable bonds is 5. The molecule has 0 spiro atoms. The second-order valence-corrected chi connectivity index (χ2v) is 15.9. The second kappa shape index (κ2) is 11.2. The Balaban J connectivity index is 1.26. The number of hydrogen-bond donors (Lipinski definition) is 0. The highest BCUT2D eigenvalue weighted by Gasteiger charge is 2.36. The average Bonchev–Trinajstić information content (AvgIpc) is 3.78. The van der Waals surface area contributed by atoms with Gasteiger partial charge in [-0.2, -0.15) is 0 Å². The van der Waals surface area contributed by atoms with E-state index in [0.717, 1.165) is 5.69 Å². The fourth-order valence-electron chi connectivity index (χ4n) is 8.58. The topological polar surface area (TPSA) is 8.17 Å². The Morgan fingerprint density at radius 1 is 0.549 bits per heavy atom. The van der Waals surface area contributed by atoms with Gasteiger partial charge in [0.25, 0.3) is 0 Å². The van der Waals surface area contributed by atoms with E-state index in [1.807, 2.05) is 11.3 Å². The molecule has 0 saturated heterocycles. The summed E-state index contributed by atoms with van der Waals surface area (Å²) in [6.45, 7) is 9.25. The van der Waals surface area contributed by atoms with Gasteiger partial charge in [0, 0.05) is 53.4 Å². The van der Waals surface area contributed by atoms with Gasteiger partial charge in [-0.15, -0.1) is 11.3 Å². The van der Waals surface area contributed by atoms with Crippen LogP contribution in [0, 0.1) is 0 Å². The van der Waals surface area contributed by atoms with Crippen LogP contribution < -0.4 is 4.90 Å². The third kappa shape index (κ3) is 4.48. The lowest BCUT2D eigenvalue weighted by Gasteiger charge is -2.29. The van der Waals surface area contributed by atoms with Crippen molar-refractivity contribution in [3.05, 3.63) is 168 Å². The van der Waals surface area contributed by atoms with E-state index in [-0.39, 0.29) is 5.41 Å². The van der Waals surface area contributed by atoms with Crippen molar-refractivity contribution in [2.24, 2.45) is 0 Å². The van der Waals surface area contributed by atoms with E-state index in [4.69, 9.17) is 0 Å². The zero-order chi connectivity index (χ0) is 34.4. The molecule has 0 bridgehead atoms. The van der Waals surface area contributed by atoms with Gasteiger partial charge in [0.15, 0.2) is 0 Å². The third-order valence-corrected chi connectivity index (χ3v) is 12.3. The quantitative estimate of drug-likeness (QED) is 0.176. The van der Waals surface area contributed by atoms with Crippen molar-refractivity contribution in [2.45, 2.75) is 39.0 Å². The van der Waals surface area contributed by atoms with Crippen molar-refractivity contribution in [2.75, 3.05) is 4.90 Å². The fourth-order valence-corrected chi connectivity index (χ4v) is 9.67. The first-order valence-electron chi connectivity index (χ1n) is 18.0. The van der Waals surface area contributed by atoms with Crippen LogP contribution in [-0.4, -0.2) is 4.57 Å². The highest BCUT2D eigenvalue weighted by molar-refractivity contribution is 7.25. The molecule has 10 rings (SSSR count). The van der Waals surface area contributed by atoms with Crippen LogP contribution in [0.4, 0.5) is 17.1 Å². The molecule has 7 aromatic carbocycles. The number of para-hydroxylation sites is 1. The van der Waals surface area contributed by atoms with Gasteiger partial charge in [0.1, 0.15) is 0 Å². The van der Waals surface area contributed by atoms with E-state index in [2.05, 4.69) is 189 Å². The summed E-state index contributed by atoms with van der Waals surface area (Å²) in [5, 5.41) is 5.10. The molecule has 246 valence electrons. The number of nitrogens with zero attached hydrogens (tertiary/aromatic N) is 2. The lowest BCUT2D eigenvalue weighted by Crippen LogP contribution is -2.16. The van der Waals surface area contributed by atoms with Gasteiger partial charge in [-0.3, -0.25) is 0 Å². The van der Waals surface area contributed by atoms with Gasteiger partial charge in [0.2, 0.25) is 0 Å². The molecule has 0 fully saturated rings. The van der Waals surface area contributed by atoms with Crippen LogP contribution in [-0.2, 0) is 5.41 Å². The molecule has 0 N–H and O–H groups in total. The van der Waals surface area contributed by atoms with Crippen molar-refractivity contribution in [1.29, 1.82) is 0 Å². The highest BCUT2D eigenvalue weighted by atomic mass is 32.1. The summed E-state index contributed by atoms with van der Waals surface area (Å²) in [6, 6.07) is 56.7. The van der Waals surface area contributed by atoms with E-state index in [1.165, 1.54) is 86.9 Å². The molecule has 0 aliphatic heterocycles. The highest BCUT2D eigenvalue weighted by Crippen LogP contribution is 2.52. The molecular weight excluding hydrogens is 637 g/mol. The summed E-state index contributed by atoms with van der Waals surface area (Å²) in [6.07, 6.45) is 0. The van der Waals surface area contributed by atoms with Crippen LogP contribution in [0.25, 0.3) is 58.8 Å². The lowest BCUT2D eigenvalue weighted by molar-refractivity contribution is 0.660. The number of fused-ring (bicyclic) bond motifs is 9. The van der Waals surface area contributed by atoms with Crippen molar-refractivity contribution < 1.29 is 0 Å². The number of hydrogen-bond acceptors (Lipinski definition) is 2. The molecular formula is C48H38N2S. The molecule has 2 nitrogen and oxygen atoms in total. The van der Waals surface area contributed by atoms with Crippen LogP contribution in [0.15, 0.2) is 152 Å². The summed E-state index contributed by atoms with van der Waals surface area (Å²) in [5.41, 5.74) is 13.8. The number of aromatic nitrogens is 1. The van der Waals surface area contributed by atoms with Crippen LogP contribution >= 0.6 is 11.3 Å². The average molecular weight is 675 g/mol. The molecule has 0 unspecified atom stereocenters. The molecule has 0 amide bonds. The number of thiophene rings is 1. The van der Waals surface area contributed by atoms with Crippen molar-refractivity contribution in [3.8, 4) is 16.8 Å². The van der Waals surface area contributed by atoms with E-state index >= 15 is 0 Å². The molecule has 0 radical (unpaired) electrons. The maximum atomic E-state index is 2.51. The van der Waals surface area contributed by atoms with Gasteiger partial charge < -0.3 is 9.47 Å². The Kier molecular flexibility index (Phi) is 6.62. The predicted molar refractivity (Wildman–Crippen MR) is 220 cm³/mol. The summed E-state index contributed by atoms with van der Waals surface area (Å²) in [4.78, 5) is 2.51. The molecule has 1 aliphatic carbocycles. The van der Waals surface area contributed by atoms with Crippen LogP contribution in [0.1, 0.15) is 50.3 Å². The summed E-state index contributed by atoms with van der Waals surface area (Å²) in [5.74, 6) is 0.486. The standard InChI is InChI=1S/C48H38N2S/c1-30(2)31-20-22-32(23-21-31)50-42-16-9-6-14-38(42)47-43(17-11-18-44(47)50)49(33-25-27-46-39(28-33)37-13-7-10-19-45(37)51-46)34-24-26-36-35-12-5-8-15-40(35)48(3,4)41(36)29-34/h5-30H,1-4H3. The van der Waals surface area contributed by atoms with Gasteiger partial charge in [0.05, 0.1) is 16.7 Å². The number of benzene rings is 7. The Bertz CT molecular complexity index is 2810. The zero-order valence-electron chi connectivity index (χ0n) is 29.3. The second-order valence-electron chi connectivity index (χ2n) is 14.8. The monoisotopic (exact) mass is 674 g/mol. The molecule has 51 heavy (non-hydrogen) atoms. The maximum Gasteiger partial charge on any atom is 0.0562 e. The normalized spacial score (nSPS) is 13.4. The summed E-state index contributed by atoms with van der Waals surface area (Å²) < 4.78 is 5.07.